The molecule has 1 aromatic heterocycles. The van der Waals surface area contributed by atoms with E-state index in [1.807, 2.05) is 41.2 Å². The lowest BCUT2D eigenvalue weighted by Gasteiger charge is -1.97. The molecule has 0 aliphatic heterocycles. The Kier molecular flexibility index (Phi) is 2.63. The molecule has 0 aliphatic carbocycles. The third kappa shape index (κ3) is 2.13. The van der Waals surface area contributed by atoms with Crippen LogP contribution in [0.5, 0.6) is 0 Å². The van der Waals surface area contributed by atoms with Crippen molar-refractivity contribution in [3.63, 3.8) is 0 Å². The van der Waals surface area contributed by atoms with Crippen LogP contribution in [-0.2, 0) is 16.1 Å². The summed E-state index contributed by atoms with van der Waals surface area (Å²) >= 11 is 0. The van der Waals surface area contributed by atoms with Gasteiger partial charge in [0.15, 0.2) is 5.78 Å². The van der Waals surface area contributed by atoms with Gasteiger partial charge in [-0.3, -0.25) is 4.79 Å². The van der Waals surface area contributed by atoms with E-state index in [0.717, 1.165) is 10.8 Å². The Bertz CT molecular complexity index is 466. The Hall–Kier alpha value is -1.90. The number of aldehydes is 1. The summed E-state index contributed by atoms with van der Waals surface area (Å²) < 4.78 is 1.82. The predicted octanol–water partition coefficient (Wildman–Crippen LogP) is 1.80. The van der Waals surface area contributed by atoms with Crippen molar-refractivity contribution in [1.82, 2.24) is 4.57 Å². The van der Waals surface area contributed by atoms with E-state index in [1.165, 1.54) is 0 Å². The van der Waals surface area contributed by atoms with Crippen LogP contribution in [-0.4, -0.2) is 16.6 Å². The molecule has 0 amide bonds. The smallest absolute Gasteiger partial charge is 0.159 e. The normalized spacial score (nSPS) is 10.4. The van der Waals surface area contributed by atoms with Crippen molar-refractivity contribution < 1.29 is 9.59 Å². The second-order valence-corrected chi connectivity index (χ2v) is 3.47. The van der Waals surface area contributed by atoms with Gasteiger partial charge in [0, 0.05) is 12.4 Å². The first-order chi connectivity index (χ1) is 7.29. The predicted molar refractivity (Wildman–Crippen MR) is 57.6 cm³/mol. The van der Waals surface area contributed by atoms with Crippen molar-refractivity contribution in [3.05, 3.63) is 36.7 Å². The van der Waals surface area contributed by atoms with E-state index in [2.05, 4.69) is 0 Å². The number of hydrogen-bond donors (Lipinski definition) is 0. The van der Waals surface area contributed by atoms with Gasteiger partial charge >= 0.3 is 0 Å². The van der Waals surface area contributed by atoms with Gasteiger partial charge in [-0.2, -0.15) is 0 Å². The van der Waals surface area contributed by atoms with Crippen LogP contribution in [0.15, 0.2) is 36.7 Å². The van der Waals surface area contributed by atoms with Crippen LogP contribution in [0.25, 0.3) is 10.8 Å². The van der Waals surface area contributed by atoms with Gasteiger partial charge in [-0.25, -0.2) is 0 Å². The van der Waals surface area contributed by atoms with Crippen LogP contribution >= 0.6 is 0 Å². The highest BCUT2D eigenvalue weighted by Gasteiger charge is 2.03. The maximum absolute atomic E-state index is 11.2. The molecule has 0 atom stereocenters. The van der Waals surface area contributed by atoms with Gasteiger partial charge in [-0.15, -0.1) is 0 Å². The highest BCUT2D eigenvalue weighted by molar-refractivity contribution is 5.90. The Morgan fingerprint density at radius 3 is 2.33 bits per heavy atom. The van der Waals surface area contributed by atoms with Crippen LogP contribution in [0.4, 0.5) is 0 Å². The third-order valence-corrected chi connectivity index (χ3v) is 2.28. The Morgan fingerprint density at radius 2 is 1.80 bits per heavy atom. The molecule has 1 aromatic carbocycles. The maximum atomic E-state index is 11.2. The van der Waals surface area contributed by atoms with Gasteiger partial charge in [0.2, 0.25) is 0 Å². The van der Waals surface area contributed by atoms with Gasteiger partial charge < -0.3 is 9.36 Å². The first kappa shape index (κ1) is 9.65. The Labute approximate surface area is 87.3 Å². The van der Waals surface area contributed by atoms with Crippen molar-refractivity contribution in [3.8, 4) is 0 Å². The van der Waals surface area contributed by atoms with Crippen molar-refractivity contribution in [2.24, 2.45) is 0 Å². The van der Waals surface area contributed by atoms with E-state index in [-0.39, 0.29) is 18.7 Å². The van der Waals surface area contributed by atoms with E-state index in [4.69, 9.17) is 0 Å². The molecular weight excluding hydrogens is 190 g/mol. The first-order valence-corrected chi connectivity index (χ1v) is 4.79. The summed E-state index contributed by atoms with van der Waals surface area (Å²) in [6, 6.07) is 7.91. The fraction of sp³-hybridized carbons (Fsp3) is 0.167. The largest absolute Gasteiger partial charge is 0.346 e. The molecule has 0 unspecified atom stereocenters. The molecule has 0 radical (unpaired) electrons. The van der Waals surface area contributed by atoms with E-state index in [0.29, 0.717) is 6.29 Å². The first-order valence-electron chi connectivity index (χ1n) is 4.79. The molecule has 3 nitrogen and oxygen atoms in total. The molecule has 0 spiro atoms. The van der Waals surface area contributed by atoms with Gasteiger partial charge in [0.05, 0.1) is 13.0 Å². The quantitative estimate of drug-likeness (QED) is 0.559. The zero-order valence-corrected chi connectivity index (χ0v) is 8.22. The fourth-order valence-corrected chi connectivity index (χ4v) is 1.59. The number of hydrogen-bond acceptors (Lipinski definition) is 2. The van der Waals surface area contributed by atoms with E-state index in [1.54, 1.807) is 0 Å². The van der Waals surface area contributed by atoms with Gasteiger partial charge in [-0.05, 0) is 10.8 Å². The molecule has 0 saturated heterocycles. The minimum absolute atomic E-state index is 0.00543. The lowest BCUT2D eigenvalue weighted by Crippen LogP contribution is -2.08. The van der Waals surface area contributed by atoms with E-state index in [9.17, 15) is 9.59 Å². The summed E-state index contributed by atoms with van der Waals surface area (Å²) in [6.07, 6.45) is 4.47. The van der Waals surface area contributed by atoms with Crippen LogP contribution in [0.1, 0.15) is 6.42 Å². The van der Waals surface area contributed by atoms with Crippen molar-refractivity contribution in [1.29, 1.82) is 0 Å². The second kappa shape index (κ2) is 4.09. The van der Waals surface area contributed by atoms with Crippen molar-refractivity contribution in [2.45, 2.75) is 13.0 Å². The van der Waals surface area contributed by atoms with E-state index >= 15 is 0 Å². The molecule has 0 saturated carbocycles. The highest BCUT2D eigenvalue weighted by atomic mass is 16.1. The molecule has 3 heteroatoms. The molecule has 15 heavy (non-hydrogen) atoms. The Balaban J connectivity index is 2.22. The summed E-state index contributed by atoms with van der Waals surface area (Å²) in [6.45, 7) is 0.271. The molecule has 0 aliphatic rings. The van der Waals surface area contributed by atoms with Gasteiger partial charge in [-0.1, -0.05) is 24.3 Å². The van der Waals surface area contributed by atoms with Crippen LogP contribution in [0.2, 0.25) is 0 Å². The number of carbonyl (C=O) groups is 2. The molecule has 2 aromatic rings. The molecule has 0 fully saturated rings. The number of aromatic nitrogens is 1. The summed E-state index contributed by atoms with van der Waals surface area (Å²) in [5, 5.41) is 2.22. The van der Waals surface area contributed by atoms with Crippen molar-refractivity contribution in [2.75, 3.05) is 0 Å². The summed E-state index contributed by atoms with van der Waals surface area (Å²) in [7, 11) is 0. The topological polar surface area (TPSA) is 39.1 Å². The molecule has 1 heterocycles. The number of carbonyl (C=O) groups excluding carboxylic acids is 2. The van der Waals surface area contributed by atoms with Crippen LogP contribution in [0, 0.1) is 0 Å². The zero-order chi connectivity index (χ0) is 10.7. The Morgan fingerprint density at radius 1 is 1.20 bits per heavy atom. The highest BCUT2D eigenvalue weighted by Crippen LogP contribution is 2.14. The number of rotatable bonds is 4. The third-order valence-electron chi connectivity index (χ3n) is 2.28. The zero-order valence-electron chi connectivity index (χ0n) is 8.22. The standard InChI is InChI=1S/C12H11NO2/c14-6-5-12(15)9-13-7-10-3-1-2-4-11(10)8-13/h1-4,6-8H,5,9H2. The lowest BCUT2D eigenvalue weighted by atomic mass is 10.2. The minimum atomic E-state index is -0.0645. The molecule has 0 N–H and O–H groups in total. The molecular formula is C12H11NO2. The second-order valence-electron chi connectivity index (χ2n) is 3.47. The number of nitrogens with zero attached hydrogens (tertiary/aromatic N) is 1. The monoisotopic (exact) mass is 201 g/mol. The lowest BCUT2D eigenvalue weighted by molar-refractivity contribution is -0.122. The fourth-order valence-electron chi connectivity index (χ4n) is 1.59. The summed E-state index contributed by atoms with van der Waals surface area (Å²) in [5.41, 5.74) is 0. The summed E-state index contributed by atoms with van der Waals surface area (Å²) in [4.78, 5) is 21.4. The average molecular weight is 201 g/mol. The minimum Gasteiger partial charge on any atom is -0.346 e. The number of ketones is 1. The van der Waals surface area contributed by atoms with Gasteiger partial charge in [0.25, 0.3) is 0 Å². The number of fused-ring (bicyclic) bond motifs is 1. The van der Waals surface area contributed by atoms with Gasteiger partial charge in [0.1, 0.15) is 6.29 Å². The molecule has 76 valence electrons. The number of benzene rings is 1. The molecule has 2 rings (SSSR count). The van der Waals surface area contributed by atoms with Crippen molar-refractivity contribution >= 4 is 22.8 Å². The maximum Gasteiger partial charge on any atom is 0.159 e. The van der Waals surface area contributed by atoms with Crippen LogP contribution in [0.3, 0.4) is 0 Å². The number of Topliss-reactive ketones (excluding diaryl/α,β-unsaturated/α-hetero) is 1. The van der Waals surface area contributed by atoms with Crippen LogP contribution < -0.4 is 0 Å². The average Bonchev–Trinajstić information content (AvgIpc) is 2.59. The SMILES string of the molecule is O=CCC(=O)Cn1cc2ccccc2c1. The molecule has 0 bridgehead atoms. The van der Waals surface area contributed by atoms with E-state index < -0.39 is 0 Å². The summed E-state index contributed by atoms with van der Waals surface area (Å²) in [5.74, 6) is -0.0645.